The number of carbonyl (C=O) groups excluding carboxylic acids is 2. The quantitative estimate of drug-likeness (QED) is 0.404. The summed E-state index contributed by atoms with van der Waals surface area (Å²) < 4.78 is 0. The van der Waals surface area contributed by atoms with Crippen molar-refractivity contribution in [2.24, 2.45) is 17.8 Å². The van der Waals surface area contributed by atoms with Gasteiger partial charge in [-0.25, -0.2) is 4.90 Å². The fourth-order valence-electron chi connectivity index (χ4n) is 4.67. The number of nitro groups is 1. The van der Waals surface area contributed by atoms with Gasteiger partial charge in [0.1, 0.15) is 5.69 Å². The lowest BCUT2D eigenvalue weighted by Gasteiger charge is -2.25. The monoisotopic (exact) mass is 385 g/mol. The lowest BCUT2D eigenvalue weighted by Crippen LogP contribution is -2.31. The van der Waals surface area contributed by atoms with Crippen LogP contribution in [0.5, 0.6) is 0 Å². The normalized spacial score (nSPS) is 24.4. The third-order valence-corrected chi connectivity index (χ3v) is 6.26. The fraction of sp³-hybridized carbons (Fsp3) is 0.619. The molecule has 0 unspecified atom stereocenters. The second-order valence-corrected chi connectivity index (χ2v) is 8.33. The molecule has 2 aliphatic carbocycles. The van der Waals surface area contributed by atoms with Crippen molar-refractivity contribution in [3.8, 4) is 0 Å². The SMILES string of the molecule is CCCN(CC1CC1)c1ccc(N2C(=O)[C@H]3CCCC[C@H]3C2=O)cc1[N+](=O)[O-]. The first kappa shape index (κ1) is 18.9. The Balaban J connectivity index is 1.67. The molecule has 28 heavy (non-hydrogen) atoms. The molecule has 150 valence electrons. The van der Waals surface area contributed by atoms with Crippen LogP contribution >= 0.6 is 0 Å². The highest BCUT2D eigenvalue weighted by atomic mass is 16.6. The predicted molar refractivity (Wildman–Crippen MR) is 106 cm³/mol. The van der Waals surface area contributed by atoms with E-state index in [4.69, 9.17) is 0 Å². The average Bonchev–Trinajstić information content (AvgIpc) is 3.47. The predicted octanol–water partition coefficient (Wildman–Crippen LogP) is 3.90. The van der Waals surface area contributed by atoms with E-state index in [1.54, 1.807) is 12.1 Å². The van der Waals surface area contributed by atoms with E-state index in [0.717, 1.165) is 45.2 Å². The zero-order valence-corrected chi connectivity index (χ0v) is 16.3. The van der Waals surface area contributed by atoms with Gasteiger partial charge in [0.15, 0.2) is 0 Å². The molecular formula is C21H27N3O4. The Morgan fingerprint density at radius 1 is 1.11 bits per heavy atom. The Labute approximate surface area is 164 Å². The van der Waals surface area contributed by atoms with E-state index < -0.39 is 4.92 Å². The summed E-state index contributed by atoms with van der Waals surface area (Å²) >= 11 is 0. The number of hydrogen-bond donors (Lipinski definition) is 0. The second-order valence-electron chi connectivity index (χ2n) is 8.33. The molecule has 1 saturated heterocycles. The largest absolute Gasteiger partial charge is 0.366 e. The Hall–Kier alpha value is -2.44. The van der Waals surface area contributed by atoms with Gasteiger partial charge in [0.2, 0.25) is 11.8 Å². The maximum atomic E-state index is 12.8. The molecule has 7 nitrogen and oxygen atoms in total. The summed E-state index contributed by atoms with van der Waals surface area (Å²) in [5.74, 6) is -0.297. The molecule has 2 saturated carbocycles. The summed E-state index contributed by atoms with van der Waals surface area (Å²) in [7, 11) is 0. The minimum atomic E-state index is -0.396. The molecule has 3 fully saturated rings. The highest BCUT2D eigenvalue weighted by Gasteiger charge is 2.49. The molecule has 0 radical (unpaired) electrons. The van der Waals surface area contributed by atoms with E-state index in [-0.39, 0.29) is 29.3 Å². The van der Waals surface area contributed by atoms with Crippen LogP contribution in [-0.4, -0.2) is 29.8 Å². The average molecular weight is 385 g/mol. The van der Waals surface area contributed by atoms with Crippen molar-refractivity contribution in [1.82, 2.24) is 0 Å². The summed E-state index contributed by atoms with van der Waals surface area (Å²) in [6, 6.07) is 4.83. The van der Waals surface area contributed by atoms with E-state index in [2.05, 4.69) is 11.8 Å². The first-order chi connectivity index (χ1) is 13.5. The van der Waals surface area contributed by atoms with Crippen molar-refractivity contribution < 1.29 is 14.5 Å². The lowest BCUT2D eigenvalue weighted by atomic mass is 9.81. The van der Waals surface area contributed by atoms with Crippen molar-refractivity contribution in [1.29, 1.82) is 0 Å². The van der Waals surface area contributed by atoms with Gasteiger partial charge >= 0.3 is 0 Å². The third kappa shape index (κ3) is 3.38. The number of hydrogen-bond acceptors (Lipinski definition) is 5. The van der Waals surface area contributed by atoms with E-state index >= 15 is 0 Å². The summed E-state index contributed by atoms with van der Waals surface area (Å²) in [6.07, 6.45) is 6.63. The number of imide groups is 1. The van der Waals surface area contributed by atoms with Gasteiger partial charge in [-0.15, -0.1) is 0 Å². The van der Waals surface area contributed by atoms with Crippen molar-refractivity contribution >= 4 is 28.9 Å². The van der Waals surface area contributed by atoms with E-state index in [1.165, 1.54) is 23.8 Å². The third-order valence-electron chi connectivity index (χ3n) is 6.26. The summed E-state index contributed by atoms with van der Waals surface area (Å²) in [5, 5.41) is 11.8. The molecule has 1 aromatic carbocycles. The minimum absolute atomic E-state index is 0.0259. The van der Waals surface area contributed by atoms with Gasteiger partial charge in [-0.1, -0.05) is 19.8 Å². The first-order valence-electron chi connectivity index (χ1n) is 10.4. The van der Waals surface area contributed by atoms with Crippen molar-refractivity contribution in [2.75, 3.05) is 22.9 Å². The lowest BCUT2D eigenvalue weighted by molar-refractivity contribution is -0.384. The zero-order valence-electron chi connectivity index (χ0n) is 16.3. The van der Waals surface area contributed by atoms with Crippen molar-refractivity contribution in [3.63, 3.8) is 0 Å². The van der Waals surface area contributed by atoms with Crippen LogP contribution in [0.25, 0.3) is 0 Å². The van der Waals surface area contributed by atoms with Crippen LogP contribution in [0.15, 0.2) is 18.2 Å². The van der Waals surface area contributed by atoms with Gasteiger partial charge in [-0.2, -0.15) is 0 Å². The van der Waals surface area contributed by atoms with Gasteiger partial charge < -0.3 is 4.90 Å². The molecule has 0 bridgehead atoms. The summed E-state index contributed by atoms with van der Waals surface area (Å²) in [4.78, 5) is 40.3. The Morgan fingerprint density at radius 3 is 2.29 bits per heavy atom. The van der Waals surface area contributed by atoms with Gasteiger partial charge in [0, 0.05) is 19.2 Å². The number of rotatable bonds is 7. The molecule has 1 heterocycles. The van der Waals surface area contributed by atoms with Gasteiger partial charge in [0.25, 0.3) is 5.69 Å². The van der Waals surface area contributed by atoms with Gasteiger partial charge in [0.05, 0.1) is 22.4 Å². The summed E-state index contributed by atoms with van der Waals surface area (Å²) in [5.41, 5.74) is 0.892. The van der Waals surface area contributed by atoms with E-state index in [9.17, 15) is 19.7 Å². The standard InChI is InChI=1S/C21H27N3O4/c1-2-11-22(13-14-7-8-14)18-10-9-15(12-19(18)24(27)28)23-20(25)16-5-3-4-6-17(16)21(23)26/h9-10,12,14,16-17H,2-8,11,13H2,1H3/t16-,17+. The molecule has 0 N–H and O–H groups in total. The maximum Gasteiger partial charge on any atom is 0.294 e. The number of nitrogens with zero attached hydrogens (tertiary/aromatic N) is 3. The van der Waals surface area contributed by atoms with Crippen molar-refractivity contribution in [2.45, 2.75) is 51.9 Å². The maximum absolute atomic E-state index is 12.8. The molecule has 3 aliphatic rings. The number of amides is 2. The second kappa shape index (κ2) is 7.53. The molecule has 2 amide bonds. The number of anilines is 2. The minimum Gasteiger partial charge on any atom is -0.366 e. The molecule has 1 aliphatic heterocycles. The molecular weight excluding hydrogens is 358 g/mol. The zero-order chi connectivity index (χ0) is 19.8. The van der Waals surface area contributed by atoms with E-state index in [0.29, 0.717) is 17.3 Å². The molecule has 0 spiro atoms. The highest BCUT2D eigenvalue weighted by molar-refractivity contribution is 6.22. The number of fused-ring (bicyclic) bond motifs is 1. The number of nitro benzene ring substituents is 1. The van der Waals surface area contributed by atoms with Gasteiger partial charge in [-0.05, 0) is 50.2 Å². The van der Waals surface area contributed by atoms with Crippen LogP contribution in [-0.2, 0) is 9.59 Å². The number of benzene rings is 1. The van der Waals surface area contributed by atoms with Crippen LogP contribution in [0.3, 0.4) is 0 Å². The molecule has 1 aromatic rings. The topological polar surface area (TPSA) is 83.8 Å². The Bertz CT molecular complexity index is 781. The highest BCUT2D eigenvalue weighted by Crippen LogP contribution is 2.42. The van der Waals surface area contributed by atoms with Crippen LogP contribution in [0, 0.1) is 27.9 Å². The van der Waals surface area contributed by atoms with Crippen LogP contribution in [0.2, 0.25) is 0 Å². The summed E-state index contributed by atoms with van der Waals surface area (Å²) in [6.45, 7) is 3.63. The van der Waals surface area contributed by atoms with Crippen LogP contribution < -0.4 is 9.80 Å². The molecule has 4 rings (SSSR count). The molecule has 0 aromatic heterocycles. The smallest absolute Gasteiger partial charge is 0.294 e. The molecule has 7 heteroatoms. The van der Waals surface area contributed by atoms with Crippen LogP contribution in [0.1, 0.15) is 51.9 Å². The van der Waals surface area contributed by atoms with Crippen LogP contribution in [0.4, 0.5) is 17.1 Å². The van der Waals surface area contributed by atoms with Gasteiger partial charge in [-0.3, -0.25) is 19.7 Å². The molecule has 2 atom stereocenters. The fourth-order valence-corrected chi connectivity index (χ4v) is 4.67. The Kier molecular flexibility index (Phi) is 5.08. The number of carbonyl (C=O) groups is 2. The van der Waals surface area contributed by atoms with Crippen molar-refractivity contribution in [3.05, 3.63) is 28.3 Å². The first-order valence-corrected chi connectivity index (χ1v) is 10.4. The Morgan fingerprint density at radius 2 is 1.75 bits per heavy atom. The van der Waals surface area contributed by atoms with E-state index in [1.807, 2.05) is 0 Å².